The zero-order valence-electron chi connectivity index (χ0n) is 13.8. The van der Waals surface area contributed by atoms with Gasteiger partial charge in [0, 0.05) is 11.8 Å². The van der Waals surface area contributed by atoms with Crippen LogP contribution in [-0.4, -0.2) is 36.9 Å². The van der Waals surface area contributed by atoms with Gasteiger partial charge in [0.1, 0.15) is 17.1 Å². The van der Waals surface area contributed by atoms with Crippen LogP contribution in [0.15, 0.2) is 29.3 Å². The quantitative estimate of drug-likeness (QED) is 0.856. The molecule has 1 aromatic carbocycles. The van der Waals surface area contributed by atoms with Crippen LogP contribution in [0.5, 0.6) is 0 Å². The van der Waals surface area contributed by atoms with Crippen molar-refractivity contribution < 1.29 is 19.1 Å². The maximum absolute atomic E-state index is 12.9. The van der Waals surface area contributed by atoms with Crippen molar-refractivity contribution in [1.82, 2.24) is 0 Å². The van der Waals surface area contributed by atoms with Gasteiger partial charge >= 0.3 is 11.9 Å². The van der Waals surface area contributed by atoms with Crippen LogP contribution in [0.1, 0.15) is 32.8 Å². The number of aliphatic imine (C=N–C) groups is 1. The second-order valence-corrected chi connectivity index (χ2v) is 6.58. The molecule has 1 heterocycles. The fraction of sp³-hybridized carbons (Fsp3) is 0.471. The topological polar surface area (TPSA) is 91.0 Å². The van der Waals surface area contributed by atoms with Gasteiger partial charge in [-0.2, -0.15) is 0 Å². The van der Waals surface area contributed by atoms with Gasteiger partial charge in [0.05, 0.1) is 12.8 Å². The Balaban J connectivity index is 2.43. The van der Waals surface area contributed by atoms with E-state index in [-0.39, 0.29) is 6.42 Å². The highest BCUT2D eigenvalue weighted by molar-refractivity contribution is 6.07. The molecule has 1 aliphatic rings. The molecule has 1 unspecified atom stereocenters. The molecular formula is C17H22N2O4. The number of methoxy groups -OCH3 is 1. The van der Waals surface area contributed by atoms with Crippen LogP contribution < -0.4 is 5.73 Å². The molecule has 6 nitrogen and oxygen atoms in total. The van der Waals surface area contributed by atoms with E-state index >= 15 is 0 Å². The number of nitrogens with two attached hydrogens (primary N) is 1. The van der Waals surface area contributed by atoms with Crippen LogP contribution in [0.2, 0.25) is 0 Å². The molecule has 0 fully saturated rings. The Kier molecular flexibility index (Phi) is 4.56. The molecule has 1 aromatic rings. The standard InChI is InChI=1S/C17H22N2O4/c1-16(2,3)23-15(21)17(9-12(18)14(20)22-4)10-19-13-8-6-5-7-11(13)17/h5-8,10,12H,9,18H2,1-4H3/t12-,17?/m0/s1. The van der Waals surface area contributed by atoms with Crippen molar-refractivity contribution in [3.8, 4) is 0 Å². The van der Waals surface area contributed by atoms with Gasteiger partial charge in [-0.3, -0.25) is 14.6 Å². The average Bonchev–Trinajstić information content (AvgIpc) is 2.85. The number of fused-ring (bicyclic) bond motifs is 1. The minimum Gasteiger partial charge on any atom is -0.468 e. The fourth-order valence-electron chi connectivity index (χ4n) is 2.57. The van der Waals surface area contributed by atoms with Gasteiger partial charge in [0.15, 0.2) is 0 Å². The lowest BCUT2D eigenvalue weighted by Crippen LogP contribution is -2.47. The van der Waals surface area contributed by atoms with Crippen molar-refractivity contribution in [3.63, 3.8) is 0 Å². The Morgan fingerprint density at radius 1 is 1.30 bits per heavy atom. The Morgan fingerprint density at radius 2 is 1.96 bits per heavy atom. The molecule has 1 aliphatic heterocycles. The Labute approximate surface area is 135 Å². The van der Waals surface area contributed by atoms with Crippen molar-refractivity contribution in [1.29, 1.82) is 0 Å². The number of hydrogen-bond donors (Lipinski definition) is 1. The second kappa shape index (κ2) is 6.12. The van der Waals surface area contributed by atoms with Gasteiger partial charge in [-0.05, 0) is 33.3 Å². The Bertz CT molecular complexity index is 648. The molecule has 124 valence electrons. The van der Waals surface area contributed by atoms with E-state index in [1.807, 2.05) is 18.2 Å². The third-order valence-electron chi connectivity index (χ3n) is 3.62. The molecule has 0 aromatic heterocycles. The molecule has 0 aliphatic carbocycles. The number of benzene rings is 1. The Morgan fingerprint density at radius 3 is 2.57 bits per heavy atom. The molecule has 0 radical (unpaired) electrons. The summed E-state index contributed by atoms with van der Waals surface area (Å²) < 4.78 is 10.2. The number of hydrogen-bond acceptors (Lipinski definition) is 6. The SMILES string of the molecule is COC(=O)[C@@H](N)CC1(C(=O)OC(C)(C)C)C=Nc2ccccc21. The van der Waals surface area contributed by atoms with Crippen LogP contribution in [0.3, 0.4) is 0 Å². The predicted molar refractivity (Wildman–Crippen MR) is 86.7 cm³/mol. The summed E-state index contributed by atoms with van der Waals surface area (Å²) in [7, 11) is 1.26. The highest BCUT2D eigenvalue weighted by Gasteiger charge is 2.48. The molecule has 23 heavy (non-hydrogen) atoms. The first kappa shape index (κ1) is 17.1. The Hall–Kier alpha value is -2.21. The van der Waals surface area contributed by atoms with Crippen LogP contribution in [0.4, 0.5) is 5.69 Å². The maximum Gasteiger partial charge on any atom is 0.322 e. The molecule has 2 atom stereocenters. The number of nitrogens with zero attached hydrogens (tertiary/aromatic N) is 1. The first-order valence-corrected chi connectivity index (χ1v) is 7.41. The van der Waals surface area contributed by atoms with Crippen LogP contribution >= 0.6 is 0 Å². The number of rotatable bonds is 4. The van der Waals surface area contributed by atoms with Crippen molar-refractivity contribution in [2.45, 2.75) is 44.2 Å². The molecule has 6 heteroatoms. The summed E-state index contributed by atoms with van der Waals surface area (Å²) in [5.74, 6) is -1.05. The molecule has 0 amide bonds. The number of ether oxygens (including phenoxy) is 2. The van der Waals surface area contributed by atoms with Gasteiger partial charge < -0.3 is 15.2 Å². The van der Waals surface area contributed by atoms with Crippen LogP contribution in [0.25, 0.3) is 0 Å². The van der Waals surface area contributed by atoms with Crippen molar-refractivity contribution in [3.05, 3.63) is 29.8 Å². The van der Waals surface area contributed by atoms with Gasteiger partial charge in [-0.25, -0.2) is 0 Å². The molecule has 0 spiro atoms. The zero-order valence-corrected chi connectivity index (χ0v) is 13.8. The summed E-state index contributed by atoms with van der Waals surface area (Å²) in [4.78, 5) is 28.9. The van der Waals surface area contributed by atoms with E-state index in [1.165, 1.54) is 13.3 Å². The van der Waals surface area contributed by atoms with Gasteiger partial charge in [-0.15, -0.1) is 0 Å². The summed E-state index contributed by atoms with van der Waals surface area (Å²) in [6.45, 7) is 5.37. The summed E-state index contributed by atoms with van der Waals surface area (Å²) in [5.41, 5.74) is 5.43. The molecule has 0 bridgehead atoms. The van der Waals surface area contributed by atoms with Crippen molar-refractivity contribution >= 4 is 23.8 Å². The molecular weight excluding hydrogens is 296 g/mol. The van der Waals surface area contributed by atoms with E-state index in [1.54, 1.807) is 26.8 Å². The van der Waals surface area contributed by atoms with E-state index in [4.69, 9.17) is 10.5 Å². The lowest BCUT2D eigenvalue weighted by molar-refractivity contribution is -0.159. The largest absolute Gasteiger partial charge is 0.468 e. The number of esters is 2. The summed E-state index contributed by atoms with van der Waals surface area (Å²) >= 11 is 0. The highest BCUT2D eigenvalue weighted by Crippen LogP contribution is 2.41. The smallest absolute Gasteiger partial charge is 0.322 e. The van der Waals surface area contributed by atoms with E-state index in [9.17, 15) is 9.59 Å². The number of carbonyl (C=O) groups excluding carboxylic acids is 2. The van der Waals surface area contributed by atoms with Crippen molar-refractivity contribution in [2.24, 2.45) is 10.7 Å². The van der Waals surface area contributed by atoms with E-state index in [0.29, 0.717) is 11.3 Å². The van der Waals surface area contributed by atoms with E-state index in [2.05, 4.69) is 9.73 Å². The van der Waals surface area contributed by atoms with Crippen molar-refractivity contribution in [2.75, 3.05) is 7.11 Å². The van der Waals surface area contributed by atoms with Gasteiger partial charge in [0.25, 0.3) is 0 Å². The third-order valence-corrected chi connectivity index (χ3v) is 3.62. The molecule has 0 saturated heterocycles. The first-order valence-electron chi connectivity index (χ1n) is 7.41. The third kappa shape index (κ3) is 3.42. The highest BCUT2D eigenvalue weighted by atomic mass is 16.6. The van der Waals surface area contributed by atoms with Crippen LogP contribution in [0, 0.1) is 0 Å². The average molecular weight is 318 g/mol. The lowest BCUT2D eigenvalue weighted by Gasteiger charge is -2.31. The normalized spacial score (nSPS) is 20.7. The molecule has 0 saturated carbocycles. The van der Waals surface area contributed by atoms with Gasteiger partial charge in [-0.1, -0.05) is 18.2 Å². The minimum atomic E-state index is -1.18. The number of carbonyl (C=O) groups is 2. The predicted octanol–water partition coefficient (Wildman–Crippen LogP) is 1.87. The summed E-state index contributed by atoms with van der Waals surface area (Å²) in [6, 6.07) is 6.31. The lowest BCUT2D eigenvalue weighted by atomic mass is 9.77. The fourth-order valence-corrected chi connectivity index (χ4v) is 2.57. The van der Waals surface area contributed by atoms with E-state index < -0.39 is 29.0 Å². The number of para-hydroxylation sites is 1. The second-order valence-electron chi connectivity index (χ2n) is 6.58. The van der Waals surface area contributed by atoms with Crippen LogP contribution in [-0.2, 0) is 24.5 Å². The summed E-state index contributed by atoms with van der Waals surface area (Å²) in [6.07, 6.45) is 1.56. The zero-order chi connectivity index (χ0) is 17.3. The molecule has 2 rings (SSSR count). The van der Waals surface area contributed by atoms with E-state index in [0.717, 1.165) is 0 Å². The monoisotopic (exact) mass is 318 g/mol. The van der Waals surface area contributed by atoms with Gasteiger partial charge in [0.2, 0.25) is 0 Å². The minimum absolute atomic E-state index is 0.0368. The summed E-state index contributed by atoms with van der Waals surface area (Å²) in [5, 5.41) is 0. The maximum atomic E-state index is 12.9. The first-order chi connectivity index (χ1) is 10.7. The molecule has 2 N–H and O–H groups in total.